The number of amides is 1. The van der Waals surface area contributed by atoms with Crippen LogP contribution in [0.1, 0.15) is 39.0 Å². The van der Waals surface area contributed by atoms with Crippen LogP contribution in [-0.4, -0.2) is 49.2 Å². The molecule has 2 aliphatic rings. The van der Waals surface area contributed by atoms with Crippen LogP contribution in [0.2, 0.25) is 0 Å². The van der Waals surface area contributed by atoms with Crippen molar-refractivity contribution < 1.29 is 9.53 Å². The van der Waals surface area contributed by atoms with Gasteiger partial charge in [0.05, 0.1) is 25.2 Å². The van der Waals surface area contributed by atoms with E-state index in [1.807, 2.05) is 6.92 Å². The number of ether oxygens (including phenoxy) is 1. The summed E-state index contributed by atoms with van der Waals surface area (Å²) in [5.41, 5.74) is 0. The molecule has 0 aromatic rings. The van der Waals surface area contributed by atoms with Crippen LogP contribution >= 0.6 is 0 Å². The Labute approximate surface area is 121 Å². The number of hydrogen-bond acceptors (Lipinski definition) is 4. The van der Waals surface area contributed by atoms with Gasteiger partial charge in [0.25, 0.3) is 0 Å². The third kappa shape index (κ3) is 3.50. The number of hydrogen-bond donors (Lipinski definition) is 1. The monoisotopic (exact) mass is 279 g/mol. The molecule has 1 saturated carbocycles. The van der Waals surface area contributed by atoms with E-state index in [0.29, 0.717) is 19.8 Å². The predicted molar refractivity (Wildman–Crippen MR) is 76.0 cm³/mol. The molecule has 1 heterocycles. The SMILES string of the molecule is CCCNC(=O)C1COCCN1C1CCCCC1C#N. The van der Waals surface area contributed by atoms with Crippen LogP contribution in [-0.2, 0) is 9.53 Å². The van der Waals surface area contributed by atoms with E-state index < -0.39 is 0 Å². The maximum absolute atomic E-state index is 12.3. The molecule has 112 valence electrons. The van der Waals surface area contributed by atoms with E-state index in [1.165, 1.54) is 0 Å². The minimum absolute atomic E-state index is 0.0498. The van der Waals surface area contributed by atoms with Crippen LogP contribution in [0.4, 0.5) is 0 Å². The van der Waals surface area contributed by atoms with E-state index in [1.54, 1.807) is 0 Å². The molecule has 1 saturated heterocycles. The highest BCUT2D eigenvalue weighted by Crippen LogP contribution is 2.30. The van der Waals surface area contributed by atoms with Crippen LogP contribution in [0, 0.1) is 17.2 Å². The van der Waals surface area contributed by atoms with E-state index in [0.717, 1.165) is 38.6 Å². The highest BCUT2D eigenvalue weighted by atomic mass is 16.5. The van der Waals surface area contributed by atoms with Gasteiger partial charge in [0.2, 0.25) is 5.91 Å². The lowest BCUT2D eigenvalue weighted by atomic mass is 9.83. The van der Waals surface area contributed by atoms with Gasteiger partial charge < -0.3 is 10.1 Å². The Morgan fingerprint density at radius 3 is 3.00 bits per heavy atom. The topological polar surface area (TPSA) is 65.4 Å². The Morgan fingerprint density at radius 1 is 1.45 bits per heavy atom. The van der Waals surface area contributed by atoms with Gasteiger partial charge in [0.15, 0.2) is 0 Å². The van der Waals surface area contributed by atoms with Crippen molar-refractivity contribution >= 4 is 5.91 Å². The summed E-state index contributed by atoms with van der Waals surface area (Å²) in [6.07, 6.45) is 5.20. The standard InChI is InChI=1S/C15H25N3O2/c1-2-7-17-15(19)14-11-20-9-8-18(14)13-6-4-3-5-12(13)10-16/h12-14H,2-9,11H2,1H3,(H,17,19). The molecule has 0 bridgehead atoms. The lowest BCUT2D eigenvalue weighted by molar-refractivity contribution is -0.136. The molecule has 1 aliphatic heterocycles. The third-order valence-corrected chi connectivity index (χ3v) is 4.34. The van der Waals surface area contributed by atoms with Gasteiger partial charge in [-0.3, -0.25) is 9.69 Å². The minimum atomic E-state index is -0.228. The lowest BCUT2D eigenvalue weighted by Crippen LogP contribution is -2.59. The Morgan fingerprint density at radius 2 is 2.25 bits per heavy atom. The second kappa shape index (κ2) is 7.61. The number of morpholine rings is 1. The summed E-state index contributed by atoms with van der Waals surface area (Å²) in [6, 6.07) is 2.43. The normalized spacial score (nSPS) is 31.5. The van der Waals surface area contributed by atoms with E-state index in [4.69, 9.17) is 4.74 Å². The Hall–Kier alpha value is -1.12. The zero-order chi connectivity index (χ0) is 14.4. The molecular formula is C15H25N3O2. The first-order valence-electron chi connectivity index (χ1n) is 7.78. The van der Waals surface area contributed by atoms with Crippen molar-refractivity contribution in [1.29, 1.82) is 5.26 Å². The fraction of sp³-hybridized carbons (Fsp3) is 0.867. The first-order chi connectivity index (χ1) is 9.77. The van der Waals surface area contributed by atoms with Gasteiger partial charge in [-0.2, -0.15) is 5.26 Å². The molecule has 0 aromatic heterocycles. The zero-order valence-electron chi connectivity index (χ0n) is 12.3. The number of rotatable bonds is 4. The summed E-state index contributed by atoms with van der Waals surface area (Å²) < 4.78 is 5.49. The zero-order valence-corrected chi connectivity index (χ0v) is 12.3. The Bertz CT molecular complexity index is 367. The van der Waals surface area contributed by atoms with Crippen molar-refractivity contribution in [1.82, 2.24) is 10.2 Å². The molecular weight excluding hydrogens is 254 g/mol. The molecule has 3 unspecified atom stereocenters. The molecule has 20 heavy (non-hydrogen) atoms. The Balaban J connectivity index is 2.05. The van der Waals surface area contributed by atoms with E-state index in [-0.39, 0.29) is 23.9 Å². The molecule has 5 nitrogen and oxygen atoms in total. The number of carbonyl (C=O) groups is 1. The minimum Gasteiger partial charge on any atom is -0.378 e. The summed E-state index contributed by atoms with van der Waals surface area (Å²) in [7, 11) is 0. The first-order valence-corrected chi connectivity index (χ1v) is 7.78. The second-order valence-corrected chi connectivity index (χ2v) is 5.71. The summed E-state index contributed by atoms with van der Waals surface area (Å²) in [5.74, 6) is 0.108. The number of nitrogens with one attached hydrogen (secondary N) is 1. The van der Waals surface area contributed by atoms with Gasteiger partial charge in [-0.1, -0.05) is 19.8 Å². The van der Waals surface area contributed by atoms with Crippen molar-refractivity contribution in [3.8, 4) is 6.07 Å². The molecule has 5 heteroatoms. The fourth-order valence-electron chi connectivity index (χ4n) is 3.26. The van der Waals surface area contributed by atoms with Gasteiger partial charge in [-0.25, -0.2) is 0 Å². The fourth-order valence-corrected chi connectivity index (χ4v) is 3.26. The first kappa shape index (κ1) is 15.3. The predicted octanol–water partition coefficient (Wildman–Crippen LogP) is 1.30. The molecule has 3 atom stereocenters. The summed E-state index contributed by atoms with van der Waals surface area (Å²) >= 11 is 0. The van der Waals surface area contributed by atoms with Crippen LogP contribution in [0.15, 0.2) is 0 Å². The molecule has 2 fully saturated rings. The van der Waals surface area contributed by atoms with Crippen LogP contribution < -0.4 is 5.32 Å². The molecule has 0 spiro atoms. The van der Waals surface area contributed by atoms with Crippen LogP contribution in [0.25, 0.3) is 0 Å². The van der Waals surface area contributed by atoms with Gasteiger partial charge in [-0.05, 0) is 19.3 Å². The largest absolute Gasteiger partial charge is 0.378 e. The lowest BCUT2D eigenvalue weighted by Gasteiger charge is -2.43. The third-order valence-electron chi connectivity index (χ3n) is 4.34. The van der Waals surface area contributed by atoms with Crippen molar-refractivity contribution in [3.05, 3.63) is 0 Å². The van der Waals surface area contributed by atoms with E-state index in [9.17, 15) is 10.1 Å². The molecule has 1 amide bonds. The molecule has 2 rings (SSSR count). The van der Waals surface area contributed by atoms with Crippen molar-refractivity contribution in [2.75, 3.05) is 26.3 Å². The Kier molecular flexibility index (Phi) is 5.81. The molecule has 0 radical (unpaired) electrons. The number of nitrogens with zero attached hydrogens (tertiary/aromatic N) is 2. The molecule has 0 aromatic carbocycles. The molecule has 1 N–H and O–H groups in total. The average Bonchev–Trinajstić information content (AvgIpc) is 2.52. The molecule has 1 aliphatic carbocycles. The van der Waals surface area contributed by atoms with Gasteiger partial charge in [0.1, 0.15) is 6.04 Å². The summed E-state index contributed by atoms with van der Waals surface area (Å²) in [6.45, 7) is 4.61. The maximum Gasteiger partial charge on any atom is 0.239 e. The van der Waals surface area contributed by atoms with Crippen molar-refractivity contribution in [2.45, 2.75) is 51.1 Å². The van der Waals surface area contributed by atoms with E-state index in [2.05, 4.69) is 16.3 Å². The smallest absolute Gasteiger partial charge is 0.239 e. The van der Waals surface area contributed by atoms with Crippen LogP contribution in [0.3, 0.4) is 0 Å². The quantitative estimate of drug-likeness (QED) is 0.842. The number of carbonyl (C=O) groups excluding carboxylic acids is 1. The summed E-state index contributed by atoms with van der Waals surface area (Å²) in [4.78, 5) is 14.5. The summed E-state index contributed by atoms with van der Waals surface area (Å²) in [5, 5.41) is 12.3. The highest BCUT2D eigenvalue weighted by molar-refractivity contribution is 5.82. The van der Waals surface area contributed by atoms with Gasteiger partial charge >= 0.3 is 0 Å². The second-order valence-electron chi connectivity index (χ2n) is 5.71. The maximum atomic E-state index is 12.3. The van der Waals surface area contributed by atoms with Gasteiger partial charge in [0, 0.05) is 19.1 Å². The van der Waals surface area contributed by atoms with Gasteiger partial charge in [-0.15, -0.1) is 0 Å². The van der Waals surface area contributed by atoms with Crippen molar-refractivity contribution in [2.24, 2.45) is 5.92 Å². The van der Waals surface area contributed by atoms with E-state index >= 15 is 0 Å². The number of nitriles is 1. The van der Waals surface area contributed by atoms with Crippen LogP contribution in [0.5, 0.6) is 0 Å². The highest BCUT2D eigenvalue weighted by Gasteiger charge is 2.38. The average molecular weight is 279 g/mol. The van der Waals surface area contributed by atoms with Crippen molar-refractivity contribution in [3.63, 3.8) is 0 Å².